The molecule has 0 spiro atoms. The zero-order valence-corrected chi connectivity index (χ0v) is 7.09. The van der Waals surface area contributed by atoms with Gasteiger partial charge < -0.3 is 5.32 Å². The lowest BCUT2D eigenvalue weighted by Gasteiger charge is -1.93. The van der Waals surface area contributed by atoms with Crippen LogP contribution in [0, 0.1) is 11.3 Å². The molecule has 1 aliphatic rings. The molecule has 0 amide bonds. The van der Waals surface area contributed by atoms with Crippen LogP contribution in [0.15, 0.2) is 27.9 Å². The highest BCUT2D eigenvalue weighted by Crippen LogP contribution is 2.13. The molecular formula is C9H11N3. The van der Waals surface area contributed by atoms with E-state index in [1.165, 1.54) is 0 Å². The van der Waals surface area contributed by atoms with Crippen molar-refractivity contribution in [3.05, 3.63) is 22.9 Å². The van der Waals surface area contributed by atoms with Gasteiger partial charge in [-0.25, -0.2) is 0 Å². The molecule has 0 aromatic carbocycles. The molecule has 0 saturated heterocycles. The summed E-state index contributed by atoms with van der Waals surface area (Å²) in [5.74, 6) is 0. The molecule has 0 bridgehead atoms. The van der Waals surface area contributed by atoms with Gasteiger partial charge in [0.1, 0.15) is 0 Å². The predicted molar refractivity (Wildman–Crippen MR) is 48.8 cm³/mol. The number of allylic oxidation sites excluding steroid dienone is 1. The van der Waals surface area contributed by atoms with Gasteiger partial charge in [-0.3, -0.25) is 4.99 Å². The molecule has 0 aromatic rings. The van der Waals surface area contributed by atoms with Gasteiger partial charge in [0.25, 0.3) is 0 Å². The highest BCUT2D eigenvalue weighted by molar-refractivity contribution is 5.41. The van der Waals surface area contributed by atoms with Gasteiger partial charge in [-0.15, -0.1) is 0 Å². The smallest absolute Gasteiger partial charge is 0.0944 e. The Hall–Kier alpha value is -1.40. The molecule has 1 heterocycles. The average molecular weight is 161 g/mol. The van der Waals surface area contributed by atoms with E-state index in [0.29, 0.717) is 5.57 Å². The van der Waals surface area contributed by atoms with Crippen molar-refractivity contribution in [1.29, 1.82) is 5.26 Å². The van der Waals surface area contributed by atoms with Crippen molar-refractivity contribution < 1.29 is 0 Å². The zero-order chi connectivity index (χ0) is 8.97. The number of hydrogen-bond donors (Lipinski definition) is 1. The highest BCUT2D eigenvalue weighted by atomic mass is 14.9. The van der Waals surface area contributed by atoms with Crippen molar-refractivity contribution in [2.45, 2.75) is 6.92 Å². The van der Waals surface area contributed by atoms with E-state index in [4.69, 9.17) is 5.26 Å². The van der Waals surface area contributed by atoms with E-state index in [9.17, 15) is 0 Å². The van der Waals surface area contributed by atoms with Crippen LogP contribution in [0.3, 0.4) is 0 Å². The van der Waals surface area contributed by atoms with Crippen LogP contribution in [0.1, 0.15) is 6.92 Å². The van der Waals surface area contributed by atoms with Crippen molar-refractivity contribution in [2.24, 2.45) is 4.99 Å². The van der Waals surface area contributed by atoms with Crippen molar-refractivity contribution in [2.75, 3.05) is 13.1 Å². The minimum absolute atomic E-state index is 0.704. The van der Waals surface area contributed by atoms with Crippen LogP contribution in [-0.4, -0.2) is 19.8 Å². The lowest BCUT2D eigenvalue weighted by atomic mass is 10.2. The molecule has 12 heavy (non-hydrogen) atoms. The fourth-order valence-electron chi connectivity index (χ4n) is 1.12. The van der Waals surface area contributed by atoms with E-state index in [1.54, 1.807) is 6.92 Å². The van der Waals surface area contributed by atoms with E-state index in [-0.39, 0.29) is 0 Å². The molecule has 0 radical (unpaired) electrons. The standard InChI is InChI=1S/C9H11N3/c1-7(4-10)3-8-5-12-6-9(8)11-2/h3,12H,2,5-6H2,1H3/b7-3+. The number of hydrogen-bond acceptors (Lipinski definition) is 3. The Kier molecular flexibility index (Phi) is 2.78. The Balaban J connectivity index is 2.88. The third-order valence-electron chi connectivity index (χ3n) is 1.74. The second-order valence-electron chi connectivity index (χ2n) is 2.67. The molecule has 0 unspecified atom stereocenters. The summed E-state index contributed by atoms with van der Waals surface area (Å²) in [6.45, 7) is 6.79. The molecule has 0 aromatic heterocycles. The summed E-state index contributed by atoms with van der Waals surface area (Å²) in [7, 11) is 0. The molecular weight excluding hydrogens is 150 g/mol. The number of nitrogens with one attached hydrogen (secondary N) is 1. The topological polar surface area (TPSA) is 48.2 Å². The molecule has 1 rings (SSSR count). The summed E-state index contributed by atoms with van der Waals surface area (Å²) in [6.07, 6.45) is 1.85. The Morgan fingerprint density at radius 2 is 2.50 bits per heavy atom. The summed E-state index contributed by atoms with van der Waals surface area (Å²) in [5, 5.41) is 11.7. The van der Waals surface area contributed by atoms with Gasteiger partial charge in [0.05, 0.1) is 11.8 Å². The molecule has 0 aliphatic carbocycles. The maximum Gasteiger partial charge on any atom is 0.0944 e. The van der Waals surface area contributed by atoms with E-state index in [2.05, 4.69) is 23.1 Å². The lowest BCUT2D eigenvalue weighted by molar-refractivity contribution is 0.865. The van der Waals surface area contributed by atoms with Crippen LogP contribution in [0.5, 0.6) is 0 Å². The Morgan fingerprint density at radius 1 is 1.75 bits per heavy atom. The van der Waals surface area contributed by atoms with Gasteiger partial charge in [-0.2, -0.15) is 5.26 Å². The molecule has 62 valence electrons. The predicted octanol–water partition coefficient (Wildman–Crippen LogP) is 1.01. The van der Waals surface area contributed by atoms with Crippen LogP contribution in [0.4, 0.5) is 0 Å². The zero-order valence-electron chi connectivity index (χ0n) is 7.09. The van der Waals surface area contributed by atoms with Gasteiger partial charge in [0.15, 0.2) is 0 Å². The minimum atomic E-state index is 0.704. The molecule has 1 aliphatic heterocycles. The Bertz CT molecular complexity index is 291. The molecule has 0 atom stereocenters. The first-order chi connectivity index (χ1) is 5.77. The van der Waals surface area contributed by atoms with E-state index < -0.39 is 0 Å². The van der Waals surface area contributed by atoms with E-state index in [0.717, 1.165) is 24.4 Å². The van der Waals surface area contributed by atoms with Gasteiger partial charge in [-0.1, -0.05) is 0 Å². The van der Waals surface area contributed by atoms with Gasteiger partial charge in [0, 0.05) is 18.7 Å². The molecule has 0 saturated carbocycles. The van der Waals surface area contributed by atoms with Crippen LogP contribution < -0.4 is 5.32 Å². The number of rotatable bonds is 2. The molecule has 0 fully saturated rings. The van der Waals surface area contributed by atoms with Crippen molar-refractivity contribution in [1.82, 2.24) is 5.32 Å². The maximum atomic E-state index is 8.55. The first-order valence-electron chi connectivity index (χ1n) is 3.76. The van der Waals surface area contributed by atoms with Crippen molar-refractivity contribution in [3.63, 3.8) is 0 Å². The van der Waals surface area contributed by atoms with Crippen LogP contribution in [-0.2, 0) is 0 Å². The van der Waals surface area contributed by atoms with E-state index >= 15 is 0 Å². The number of nitriles is 1. The average Bonchev–Trinajstić information content (AvgIpc) is 2.51. The lowest BCUT2D eigenvalue weighted by Crippen LogP contribution is -2.08. The molecule has 3 nitrogen and oxygen atoms in total. The summed E-state index contributed by atoms with van der Waals surface area (Å²) in [5.41, 5.74) is 2.73. The maximum absolute atomic E-state index is 8.55. The highest BCUT2D eigenvalue weighted by Gasteiger charge is 2.09. The number of aliphatic imine (C=N–C) groups is 1. The van der Waals surface area contributed by atoms with Gasteiger partial charge in [-0.05, 0) is 25.3 Å². The van der Waals surface area contributed by atoms with Crippen LogP contribution in [0.25, 0.3) is 0 Å². The van der Waals surface area contributed by atoms with Gasteiger partial charge >= 0.3 is 0 Å². The fourth-order valence-corrected chi connectivity index (χ4v) is 1.12. The third-order valence-corrected chi connectivity index (χ3v) is 1.74. The summed E-state index contributed by atoms with van der Waals surface area (Å²) >= 11 is 0. The van der Waals surface area contributed by atoms with Crippen LogP contribution >= 0.6 is 0 Å². The minimum Gasteiger partial charge on any atom is -0.307 e. The largest absolute Gasteiger partial charge is 0.307 e. The summed E-state index contributed by atoms with van der Waals surface area (Å²) in [4.78, 5) is 3.87. The SMILES string of the molecule is C=NC1=C(/C=C(\C)C#N)CNC1. The monoisotopic (exact) mass is 161 g/mol. The van der Waals surface area contributed by atoms with E-state index in [1.807, 2.05) is 6.08 Å². The number of nitrogens with zero attached hydrogens (tertiary/aromatic N) is 2. The first-order valence-corrected chi connectivity index (χ1v) is 3.76. The van der Waals surface area contributed by atoms with Crippen molar-refractivity contribution in [3.8, 4) is 6.07 Å². The summed E-state index contributed by atoms with van der Waals surface area (Å²) in [6, 6.07) is 2.07. The second kappa shape index (κ2) is 3.84. The fraction of sp³-hybridized carbons (Fsp3) is 0.333. The summed E-state index contributed by atoms with van der Waals surface area (Å²) < 4.78 is 0. The Labute approximate surface area is 72.1 Å². The van der Waals surface area contributed by atoms with Gasteiger partial charge in [0.2, 0.25) is 0 Å². The first kappa shape index (κ1) is 8.69. The third kappa shape index (κ3) is 1.80. The second-order valence-corrected chi connectivity index (χ2v) is 2.67. The normalized spacial score (nSPS) is 17.8. The molecule has 1 N–H and O–H groups in total. The van der Waals surface area contributed by atoms with Crippen molar-refractivity contribution >= 4 is 6.72 Å². The molecule has 3 heteroatoms. The Morgan fingerprint density at radius 3 is 3.08 bits per heavy atom. The quantitative estimate of drug-likeness (QED) is 0.485. The van der Waals surface area contributed by atoms with Crippen LogP contribution in [0.2, 0.25) is 0 Å².